The lowest BCUT2D eigenvalue weighted by atomic mass is 10.0. The maximum Gasteiger partial charge on any atom is 0.123 e. The van der Waals surface area contributed by atoms with Gasteiger partial charge in [-0.3, -0.25) is 0 Å². The molecule has 0 aliphatic carbocycles. The molecule has 0 fully saturated rings. The Kier molecular flexibility index (Phi) is 3.59. The van der Waals surface area contributed by atoms with E-state index >= 15 is 0 Å². The zero-order chi connectivity index (χ0) is 12.3. The molecule has 0 bridgehead atoms. The van der Waals surface area contributed by atoms with Gasteiger partial charge in [-0.05, 0) is 50.2 Å². The van der Waals surface area contributed by atoms with E-state index in [0.29, 0.717) is 0 Å². The van der Waals surface area contributed by atoms with Crippen molar-refractivity contribution in [2.45, 2.75) is 19.4 Å². The summed E-state index contributed by atoms with van der Waals surface area (Å²) < 4.78 is 18.4. The van der Waals surface area contributed by atoms with Crippen molar-refractivity contribution in [2.75, 3.05) is 7.05 Å². The first-order valence-electron chi connectivity index (χ1n) is 5.67. The molecule has 1 heterocycles. The largest absolute Gasteiger partial charge is 0.465 e. The zero-order valence-corrected chi connectivity index (χ0v) is 10.0. The van der Waals surface area contributed by atoms with Gasteiger partial charge in [0.05, 0.1) is 6.04 Å². The number of aryl methyl sites for hydroxylation is 1. The molecule has 0 radical (unpaired) electrons. The Balaban J connectivity index is 2.12. The third-order valence-corrected chi connectivity index (χ3v) is 2.81. The Morgan fingerprint density at radius 2 is 1.88 bits per heavy atom. The molecule has 1 N–H and O–H groups in total. The Bertz CT molecular complexity index is 475. The third kappa shape index (κ3) is 2.94. The molecule has 0 aliphatic rings. The number of nitrogens with one attached hydrogen (secondary N) is 1. The van der Waals surface area contributed by atoms with E-state index in [1.807, 2.05) is 26.1 Å². The van der Waals surface area contributed by atoms with E-state index in [9.17, 15) is 4.39 Å². The van der Waals surface area contributed by atoms with Crippen molar-refractivity contribution in [3.63, 3.8) is 0 Å². The number of benzene rings is 1. The van der Waals surface area contributed by atoms with Crippen molar-refractivity contribution >= 4 is 0 Å². The van der Waals surface area contributed by atoms with Crippen LogP contribution in [-0.4, -0.2) is 7.05 Å². The highest BCUT2D eigenvalue weighted by Gasteiger charge is 2.13. The van der Waals surface area contributed by atoms with Gasteiger partial charge in [-0.2, -0.15) is 0 Å². The lowest BCUT2D eigenvalue weighted by Crippen LogP contribution is -2.18. The molecule has 90 valence electrons. The van der Waals surface area contributed by atoms with Gasteiger partial charge in [-0.15, -0.1) is 0 Å². The van der Waals surface area contributed by atoms with Crippen LogP contribution in [0.2, 0.25) is 0 Å². The minimum Gasteiger partial charge on any atom is -0.465 e. The van der Waals surface area contributed by atoms with Crippen LogP contribution in [0.4, 0.5) is 4.39 Å². The van der Waals surface area contributed by atoms with Gasteiger partial charge in [-0.25, -0.2) is 4.39 Å². The summed E-state index contributed by atoms with van der Waals surface area (Å²) in [6.07, 6.45) is 0.781. The molecule has 0 spiro atoms. The number of furan rings is 1. The van der Waals surface area contributed by atoms with Crippen molar-refractivity contribution in [1.82, 2.24) is 5.32 Å². The van der Waals surface area contributed by atoms with Gasteiger partial charge in [0.15, 0.2) is 0 Å². The minimum atomic E-state index is -0.205. The van der Waals surface area contributed by atoms with Crippen LogP contribution in [-0.2, 0) is 6.42 Å². The average molecular weight is 233 g/mol. The van der Waals surface area contributed by atoms with Crippen LogP contribution in [0.15, 0.2) is 40.8 Å². The van der Waals surface area contributed by atoms with Crippen LogP contribution in [0.1, 0.15) is 23.1 Å². The fourth-order valence-corrected chi connectivity index (χ4v) is 1.84. The van der Waals surface area contributed by atoms with Gasteiger partial charge in [0.25, 0.3) is 0 Å². The van der Waals surface area contributed by atoms with Crippen molar-refractivity contribution in [1.29, 1.82) is 0 Å². The topological polar surface area (TPSA) is 25.2 Å². The highest BCUT2D eigenvalue weighted by Crippen LogP contribution is 2.20. The van der Waals surface area contributed by atoms with E-state index in [1.165, 1.54) is 12.1 Å². The van der Waals surface area contributed by atoms with Crippen LogP contribution < -0.4 is 5.32 Å². The molecule has 2 aromatic rings. The molecule has 0 aliphatic heterocycles. The van der Waals surface area contributed by atoms with Gasteiger partial charge in [-0.1, -0.05) is 12.1 Å². The van der Waals surface area contributed by atoms with Crippen LogP contribution >= 0.6 is 0 Å². The van der Waals surface area contributed by atoms with Gasteiger partial charge in [0, 0.05) is 0 Å². The molecule has 2 nitrogen and oxygen atoms in total. The first kappa shape index (κ1) is 11.9. The number of hydrogen-bond donors (Lipinski definition) is 1. The first-order chi connectivity index (χ1) is 8.19. The predicted molar refractivity (Wildman–Crippen MR) is 65.3 cm³/mol. The van der Waals surface area contributed by atoms with Crippen molar-refractivity contribution < 1.29 is 8.81 Å². The summed E-state index contributed by atoms with van der Waals surface area (Å²) >= 11 is 0. The Labute approximate surface area is 100 Å². The minimum absolute atomic E-state index is 0.120. The van der Waals surface area contributed by atoms with Gasteiger partial charge in [0.1, 0.15) is 17.3 Å². The zero-order valence-electron chi connectivity index (χ0n) is 10.0. The average Bonchev–Trinajstić information content (AvgIpc) is 2.75. The van der Waals surface area contributed by atoms with E-state index in [4.69, 9.17) is 4.42 Å². The van der Waals surface area contributed by atoms with Crippen LogP contribution in [0, 0.1) is 12.7 Å². The fraction of sp³-hybridized carbons (Fsp3) is 0.286. The summed E-state index contributed by atoms with van der Waals surface area (Å²) in [5.74, 6) is 1.61. The van der Waals surface area contributed by atoms with Crippen LogP contribution in [0.25, 0.3) is 0 Å². The summed E-state index contributed by atoms with van der Waals surface area (Å²) in [4.78, 5) is 0. The lowest BCUT2D eigenvalue weighted by molar-refractivity contribution is 0.414. The lowest BCUT2D eigenvalue weighted by Gasteiger charge is -2.13. The molecule has 2 rings (SSSR count). The van der Waals surface area contributed by atoms with Crippen LogP contribution in [0.3, 0.4) is 0 Å². The number of rotatable bonds is 4. The Hall–Kier alpha value is -1.61. The molecule has 0 saturated heterocycles. The van der Waals surface area contributed by atoms with Crippen LogP contribution in [0.5, 0.6) is 0 Å². The molecular formula is C14H16FNO. The number of hydrogen-bond acceptors (Lipinski definition) is 2. The van der Waals surface area contributed by atoms with Crippen molar-refractivity contribution in [2.24, 2.45) is 0 Å². The number of likely N-dealkylation sites (N-methyl/N-ethyl adjacent to an activating group) is 1. The Morgan fingerprint density at radius 3 is 2.41 bits per heavy atom. The van der Waals surface area contributed by atoms with E-state index < -0.39 is 0 Å². The summed E-state index contributed by atoms with van der Waals surface area (Å²) in [5, 5.41) is 3.21. The highest BCUT2D eigenvalue weighted by atomic mass is 19.1. The molecule has 1 aromatic heterocycles. The van der Waals surface area contributed by atoms with E-state index in [0.717, 1.165) is 23.5 Å². The fourth-order valence-electron chi connectivity index (χ4n) is 1.84. The molecule has 1 atom stereocenters. The molecule has 0 saturated carbocycles. The summed E-state index contributed by atoms with van der Waals surface area (Å²) in [5.41, 5.74) is 1.08. The van der Waals surface area contributed by atoms with Crippen molar-refractivity contribution in [3.05, 3.63) is 59.3 Å². The smallest absolute Gasteiger partial charge is 0.123 e. The monoisotopic (exact) mass is 233 g/mol. The van der Waals surface area contributed by atoms with Gasteiger partial charge in [0.2, 0.25) is 0 Å². The molecule has 0 amide bonds. The quantitative estimate of drug-likeness (QED) is 0.877. The summed E-state index contributed by atoms with van der Waals surface area (Å²) in [6, 6.07) is 10.6. The van der Waals surface area contributed by atoms with E-state index in [1.54, 1.807) is 12.1 Å². The summed E-state index contributed by atoms with van der Waals surface area (Å²) in [6.45, 7) is 1.92. The SMILES string of the molecule is CNC(Cc1ccc(F)cc1)c1ccc(C)o1. The van der Waals surface area contributed by atoms with Gasteiger partial charge >= 0.3 is 0 Å². The maximum absolute atomic E-state index is 12.8. The second-order valence-corrected chi connectivity index (χ2v) is 4.12. The molecule has 17 heavy (non-hydrogen) atoms. The number of halogens is 1. The maximum atomic E-state index is 12.8. The standard InChI is InChI=1S/C14H16FNO/c1-10-3-8-14(17-10)13(16-2)9-11-4-6-12(15)7-5-11/h3-8,13,16H,9H2,1-2H3. The van der Waals surface area contributed by atoms with Gasteiger partial charge < -0.3 is 9.73 Å². The second-order valence-electron chi connectivity index (χ2n) is 4.12. The molecule has 3 heteroatoms. The first-order valence-corrected chi connectivity index (χ1v) is 5.67. The second kappa shape index (κ2) is 5.15. The molecule has 1 aromatic carbocycles. The van der Waals surface area contributed by atoms with Crippen molar-refractivity contribution in [3.8, 4) is 0 Å². The predicted octanol–water partition coefficient (Wildman–Crippen LogP) is 3.23. The van der Waals surface area contributed by atoms with E-state index in [-0.39, 0.29) is 11.9 Å². The molecular weight excluding hydrogens is 217 g/mol. The Morgan fingerprint density at radius 1 is 1.18 bits per heavy atom. The summed E-state index contributed by atoms with van der Waals surface area (Å²) in [7, 11) is 1.89. The third-order valence-electron chi connectivity index (χ3n) is 2.81. The molecule has 1 unspecified atom stereocenters. The van der Waals surface area contributed by atoms with E-state index in [2.05, 4.69) is 5.32 Å². The highest BCUT2D eigenvalue weighted by molar-refractivity contribution is 5.20. The normalized spacial score (nSPS) is 12.6.